The van der Waals surface area contributed by atoms with Crippen LogP contribution in [0.4, 0.5) is 10.1 Å². The van der Waals surface area contributed by atoms with Crippen LogP contribution in [0.1, 0.15) is 18.1 Å². The van der Waals surface area contributed by atoms with Crippen molar-refractivity contribution in [3.8, 4) is 0 Å². The van der Waals surface area contributed by atoms with Crippen LogP contribution in [-0.2, 0) is 0 Å². The zero-order valence-electron chi connectivity index (χ0n) is 8.37. The average Bonchev–Trinajstić information content (AvgIpc) is 2.27. The summed E-state index contributed by atoms with van der Waals surface area (Å²) in [4.78, 5) is 10.1. The fourth-order valence-corrected chi connectivity index (χ4v) is 1.18. The molecule has 0 fully saturated rings. The van der Waals surface area contributed by atoms with E-state index in [0.717, 1.165) is 0 Å². The van der Waals surface area contributed by atoms with Crippen molar-refractivity contribution in [2.45, 2.75) is 6.92 Å². The third kappa shape index (κ3) is 2.62. The third-order valence-electron chi connectivity index (χ3n) is 2.08. The van der Waals surface area contributed by atoms with Gasteiger partial charge in [-0.2, -0.15) is 0 Å². The third-order valence-corrected chi connectivity index (χ3v) is 2.08. The lowest BCUT2D eigenvalue weighted by atomic mass is 9.99. The molecule has 0 aliphatic heterocycles. The molecule has 0 heterocycles. The lowest BCUT2D eigenvalue weighted by molar-refractivity contribution is -0.384. The molecule has 0 N–H and O–H groups in total. The molecule has 1 aromatic carbocycles. The first kappa shape index (κ1) is 11.4. The Balaban J connectivity index is 3.22. The summed E-state index contributed by atoms with van der Waals surface area (Å²) >= 11 is 0. The zero-order chi connectivity index (χ0) is 11.4. The van der Waals surface area contributed by atoms with Crippen molar-refractivity contribution in [2.24, 2.45) is 0 Å². The Kier molecular flexibility index (Phi) is 3.55. The Hall–Kier alpha value is -1.71. The number of rotatable bonds is 4. The molecule has 79 valence electrons. The van der Waals surface area contributed by atoms with Gasteiger partial charge in [0.15, 0.2) is 0 Å². The van der Waals surface area contributed by atoms with E-state index in [4.69, 9.17) is 0 Å². The van der Waals surface area contributed by atoms with Crippen molar-refractivity contribution in [1.82, 2.24) is 0 Å². The Morgan fingerprint density at radius 3 is 2.73 bits per heavy atom. The van der Waals surface area contributed by atoms with Gasteiger partial charge in [-0.25, -0.2) is 0 Å². The summed E-state index contributed by atoms with van der Waals surface area (Å²) < 4.78 is 12.4. The lowest BCUT2D eigenvalue weighted by Crippen LogP contribution is -1.99. The summed E-state index contributed by atoms with van der Waals surface area (Å²) in [6, 6.07) is 4.44. The Labute approximate surface area is 87.4 Å². The standard InChI is InChI=1S/C11H11FNO2/c1-3-9-4-10(8(2)7-12)6-11(5-9)13(14)15/h3-6H,1,7H2,2H3. The first-order valence-electron chi connectivity index (χ1n) is 4.39. The molecule has 3 nitrogen and oxygen atoms in total. The minimum absolute atomic E-state index is 0.0461. The van der Waals surface area contributed by atoms with Gasteiger partial charge in [-0.05, 0) is 11.1 Å². The minimum atomic E-state index is -0.613. The Bertz CT molecular complexity index is 390. The molecule has 0 spiro atoms. The summed E-state index contributed by atoms with van der Waals surface area (Å²) in [5, 5.41) is 10.6. The van der Waals surface area contributed by atoms with Crippen molar-refractivity contribution in [2.75, 3.05) is 6.67 Å². The molecule has 0 aliphatic rings. The first-order valence-corrected chi connectivity index (χ1v) is 4.39. The maximum atomic E-state index is 12.4. The van der Waals surface area contributed by atoms with E-state index >= 15 is 0 Å². The molecule has 0 amide bonds. The molecule has 0 saturated carbocycles. The fourth-order valence-electron chi connectivity index (χ4n) is 1.18. The van der Waals surface area contributed by atoms with Crippen molar-refractivity contribution in [3.05, 3.63) is 51.9 Å². The topological polar surface area (TPSA) is 43.1 Å². The Morgan fingerprint density at radius 2 is 2.27 bits per heavy atom. The molecule has 1 aromatic rings. The van der Waals surface area contributed by atoms with Gasteiger partial charge in [0.05, 0.1) is 11.6 Å². The van der Waals surface area contributed by atoms with Crippen LogP contribution in [0.5, 0.6) is 0 Å². The van der Waals surface area contributed by atoms with Crippen LogP contribution in [0.3, 0.4) is 0 Å². The molecule has 0 aliphatic carbocycles. The van der Waals surface area contributed by atoms with Crippen molar-refractivity contribution < 1.29 is 9.31 Å². The number of hydrogen-bond acceptors (Lipinski definition) is 2. The van der Waals surface area contributed by atoms with E-state index in [1.165, 1.54) is 18.2 Å². The smallest absolute Gasteiger partial charge is 0.258 e. The van der Waals surface area contributed by atoms with E-state index in [0.29, 0.717) is 17.0 Å². The highest BCUT2D eigenvalue weighted by Crippen LogP contribution is 2.23. The van der Waals surface area contributed by atoms with Gasteiger partial charge in [-0.3, -0.25) is 14.5 Å². The Morgan fingerprint density at radius 1 is 1.60 bits per heavy atom. The second-order valence-corrected chi connectivity index (χ2v) is 3.19. The van der Waals surface area contributed by atoms with Gasteiger partial charge in [0, 0.05) is 18.1 Å². The second kappa shape index (κ2) is 4.68. The molecular formula is C11H11FNO2. The number of alkyl halides is 1. The average molecular weight is 208 g/mol. The summed E-state index contributed by atoms with van der Waals surface area (Å²) in [7, 11) is 0. The van der Waals surface area contributed by atoms with Gasteiger partial charge < -0.3 is 0 Å². The van der Waals surface area contributed by atoms with Crippen LogP contribution in [0.15, 0.2) is 24.8 Å². The molecule has 1 rings (SSSR count). The van der Waals surface area contributed by atoms with Crippen LogP contribution in [0, 0.1) is 16.0 Å². The van der Waals surface area contributed by atoms with Crippen LogP contribution in [0.25, 0.3) is 6.08 Å². The number of nitro benzene ring substituents is 1. The summed E-state index contributed by atoms with van der Waals surface area (Å²) in [6.07, 6.45) is 1.50. The van der Waals surface area contributed by atoms with Gasteiger partial charge in [-0.15, -0.1) is 0 Å². The number of hydrogen-bond donors (Lipinski definition) is 0. The van der Waals surface area contributed by atoms with Crippen LogP contribution >= 0.6 is 0 Å². The number of non-ortho nitro benzene ring substituents is 1. The SMILES string of the molecule is C=Cc1cc([C](C)CF)cc([N+](=O)[O-])c1. The van der Waals surface area contributed by atoms with Crippen molar-refractivity contribution >= 4 is 11.8 Å². The maximum absolute atomic E-state index is 12.4. The largest absolute Gasteiger partial charge is 0.270 e. The summed E-state index contributed by atoms with van der Waals surface area (Å²) in [5.41, 5.74) is 1.11. The van der Waals surface area contributed by atoms with Crippen LogP contribution in [-0.4, -0.2) is 11.6 Å². The normalized spacial score (nSPS) is 10.3. The molecule has 1 radical (unpaired) electrons. The van der Waals surface area contributed by atoms with Crippen LogP contribution in [0.2, 0.25) is 0 Å². The zero-order valence-corrected chi connectivity index (χ0v) is 8.37. The minimum Gasteiger partial charge on any atom is -0.258 e. The monoisotopic (exact) mass is 208 g/mol. The second-order valence-electron chi connectivity index (χ2n) is 3.19. The van der Waals surface area contributed by atoms with E-state index in [9.17, 15) is 14.5 Å². The highest BCUT2D eigenvalue weighted by atomic mass is 19.1. The van der Waals surface area contributed by atoms with E-state index in [2.05, 4.69) is 6.58 Å². The summed E-state index contributed by atoms with van der Waals surface area (Å²) in [6.45, 7) is 4.52. The molecule has 15 heavy (non-hydrogen) atoms. The number of benzene rings is 1. The van der Waals surface area contributed by atoms with E-state index < -0.39 is 11.6 Å². The van der Waals surface area contributed by atoms with E-state index in [1.807, 2.05) is 0 Å². The molecule has 0 bridgehead atoms. The lowest BCUT2D eigenvalue weighted by Gasteiger charge is -2.07. The molecule has 0 aromatic heterocycles. The van der Waals surface area contributed by atoms with E-state index in [1.54, 1.807) is 13.0 Å². The van der Waals surface area contributed by atoms with Gasteiger partial charge in [0.1, 0.15) is 0 Å². The number of nitro groups is 1. The predicted octanol–water partition coefficient (Wildman–Crippen LogP) is 3.15. The van der Waals surface area contributed by atoms with Crippen LogP contribution < -0.4 is 0 Å². The highest BCUT2D eigenvalue weighted by molar-refractivity contribution is 5.56. The molecule has 0 saturated heterocycles. The fraction of sp³-hybridized carbons (Fsp3) is 0.182. The van der Waals surface area contributed by atoms with Gasteiger partial charge >= 0.3 is 0 Å². The van der Waals surface area contributed by atoms with Gasteiger partial charge in [0.2, 0.25) is 0 Å². The summed E-state index contributed by atoms with van der Waals surface area (Å²) in [5.74, 6) is 0.474. The first-order chi connectivity index (χ1) is 7.08. The number of nitrogens with zero attached hydrogens (tertiary/aromatic N) is 1. The predicted molar refractivity (Wildman–Crippen MR) is 57.2 cm³/mol. The maximum Gasteiger partial charge on any atom is 0.270 e. The highest BCUT2D eigenvalue weighted by Gasteiger charge is 2.13. The molecule has 4 heteroatoms. The molecule has 0 unspecified atom stereocenters. The number of halogens is 1. The van der Waals surface area contributed by atoms with Crippen molar-refractivity contribution in [1.29, 1.82) is 0 Å². The van der Waals surface area contributed by atoms with Gasteiger partial charge in [0.25, 0.3) is 5.69 Å². The molecule has 0 atom stereocenters. The van der Waals surface area contributed by atoms with Gasteiger partial charge in [-0.1, -0.05) is 25.6 Å². The quantitative estimate of drug-likeness (QED) is 0.563. The van der Waals surface area contributed by atoms with E-state index in [-0.39, 0.29) is 5.69 Å². The molecular weight excluding hydrogens is 197 g/mol. The van der Waals surface area contributed by atoms with Crippen molar-refractivity contribution in [3.63, 3.8) is 0 Å².